The van der Waals surface area contributed by atoms with Gasteiger partial charge < -0.3 is 10.1 Å². The number of aryl methyl sites for hydroxylation is 3. The largest absolute Gasteiger partial charge is 0.451 e. The second-order valence-corrected chi connectivity index (χ2v) is 7.93. The maximum Gasteiger partial charge on any atom is 0.348 e. The minimum absolute atomic E-state index is 0.272. The second-order valence-electron chi connectivity index (χ2n) is 6.80. The van der Waals surface area contributed by atoms with Crippen LogP contribution in [0.2, 0.25) is 0 Å². The number of hydrogen-bond acceptors (Lipinski definition) is 4. The van der Waals surface area contributed by atoms with Gasteiger partial charge in [0.15, 0.2) is 6.61 Å². The number of thiophene rings is 1. The van der Waals surface area contributed by atoms with Gasteiger partial charge in [-0.1, -0.05) is 25.1 Å². The van der Waals surface area contributed by atoms with E-state index in [1.807, 2.05) is 38.1 Å². The summed E-state index contributed by atoms with van der Waals surface area (Å²) in [6.07, 6.45) is 3.22. The van der Waals surface area contributed by atoms with Crippen molar-refractivity contribution in [2.45, 2.75) is 40.0 Å². The van der Waals surface area contributed by atoms with Crippen LogP contribution in [0.5, 0.6) is 0 Å². The van der Waals surface area contributed by atoms with Crippen LogP contribution in [0.4, 0.5) is 5.69 Å². The molecule has 0 spiro atoms. The molecule has 0 fully saturated rings. The zero-order valence-corrected chi connectivity index (χ0v) is 15.7. The minimum atomic E-state index is -0.413. The average Bonchev–Trinajstić information content (AvgIpc) is 2.99. The number of carbonyl (C=O) groups is 2. The van der Waals surface area contributed by atoms with Gasteiger partial charge >= 0.3 is 5.97 Å². The molecule has 5 heteroatoms. The van der Waals surface area contributed by atoms with Crippen LogP contribution in [0.3, 0.4) is 0 Å². The summed E-state index contributed by atoms with van der Waals surface area (Å²) >= 11 is 1.50. The number of esters is 1. The first-order valence-corrected chi connectivity index (χ1v) is 9.40. The highest BCUT2D eigenvalue weighted by molar-refractivity contribution is 7.14. The van der Waals surface area contributed by atoms with E-state index in [-0.39, 0.29) is 12.5 Å². The highest BCUT2D eigenvalue weighted by Gasteiger charge is 2.21. The first kappa shape index (κ1) is 17.7. The van der Waals surface area contributed by atoms with Gasteiger partial charge in [-0.2, -0.15) is 0 Å². The number of rotatable bonds is 4. The fourth-order valence-corrected chi connectivity index (χ4v) is 4.30. The van der Waals surface area contributed by atoms with Crippen molar-refractivity contribution in [1.82, 2.24) is 0 Å². The maximum absolute atomic E-state index is 12.2. The lowest BCUT2D eigenvalue weighted by atomic mass is 9.90. The Kier molecular flexibility index (Phi) is 5.23. The van der Waals surface area contributed by atoms with Gasteiger partial charge in [0, 0.05) is 10.6 Å². The van der Waals surface area contributed by atoms with E-state index in [2.05, 4.69) is 12.2 Å². The highest BCUT2D eigenvalue weighted by Crippen LogP contribution is 2.32. The number of amides is 1. The predicted molar refractivity (Wildman–Crippen MR) is 100 cm³/mol. The third-order valence-corrected chi connectivity index (χ3v) is 5.83. The van der Waals surface area contributed by atoms with Crippen molar-refractivity contribution in [3.05, 3.63) is 50.7 Å². The summed E-state index contributed by atoms with van der Waals surface area (Å²) in [5.74, 6) is -0.0708. The molecule has 1 aromatic carbocycles. The summed E-state index contributed by atoms with van der Waals surface area (Å²) in [6.45, 7) is 5.83. The Morgan fingerprint density at radius 1 is 1.28 bits per heavy atom. The SMILES string of the molecule is Cc1cccc(C)c1NC(=O)COC(=O)c1cc2c(s1)CCC(C)C2. The summed E-state index contributed by atoms with van der Waals surface area (Å²) in [5.41, 5.74) is 4.01. The fraction of sp³-hybridized carbons (Fsp3) is 0.400. The van der Waals surface area contributed by atoms with E-state index in [1.54, 1.807) is 0 Å². The zero-order chi connectivity index (χ0) is 18.0. The Balaban J connectivity index is 1.58. The molecule has 1 unspecified atom stereocenters. The molecule has 1 aromatic heterocycles. The van der Waals surface area contributed by atoms with E-state index in [4.69, 9.17) is 4.74 Å². The fourth-order valence-electron chi connectivity index (χ4n) is 3.20. The van der Waals surface area contributed by atoms with Gasteiger partial charge in [0.1, 0.15) is 4.88 Å². The summed E-state index contributed by atoms with van der Waals surface area (Å²) in [4.78, 5) is 26.2. The molecule has 1 heterocycles. The van der Waals surface area contributed by atoms with Crippen molar-refractivity contribution in [2.24, 2.45) is 5.92 Å². The van der Waals surface area contributed by atoms with Gasteiger partial charge in [0.2, 0.25) is 0 Å². The predicted octanol–water partition coefficient (Wildman–Crippen LogP) is 4.29. The van der Waals surface area contributed by atoms with Gasteiger partial charge in [-0.05, 0) is 61.8 Å². The molecular weight excluding hydrogens is 334 g/mol. The zero-order valence-electron chi connectivity index (χ0n) is 14.8. The Labute approximate surface area is 152 Å². The molecule has 4 nitrogen and oxygen atoms in total. The standard InChI is InChI=1S/C20H23NO3S/c1-12-7-8-16-15(9-12)10-17(25-16)20(23)24-11-18(22)21-19-13(2)5-4-6-14(19)3/h4-6,10,12H,7-9,11H2,1-3H3,(H,21,22). The van der Waals surface area contributed by atoms with Crippen LogP contribution < -0.4 is 5.32 Å². The van der Waals surface area contributed by atoms with E-state index in [1.165, 1.54) is 28.2 Å². The number of para-hydroxylation sites is 1. The number of nitrogens with one attached hydrogen (secondary N) is 1. The monoisotopic (exact) mass is 357 g/mol. The van der Waals surface area contributed by atoms with E-state index in [0.29, 0.717) is 10.8 Å². The molecule has 1 atom stereocenters. The van der Waals surface area contributed by atoms with Crippen LogP contribution in [-0.2, 0) is 22.4 Å². The molecule has 0 bridgehead atoms. The topological polar surface area (TPSA) is 55.4 Å². The lowest BCUT2D eigenvalue weighted by Crippen LogP contribution is -2.21. The normalized spacial score (nSPS) is 16.2. The molecule has 1 aliphatic carbocycles. The van der Waals surface area contributed by atoms with Crippen LogP contribution in [0.1, 0.15) is 44.6 Å². The van der Waals surface area contributed by atoms with E-state index < -0.39 is 5.97 Å². The van der Waals surface area contributed by atoms with Crippen LogP contribution in [0, 0.1) is 19.8 Å². The lowest BCUT2D eigenvalue weighted by molar-refractivity contribution is -0.119. The number of benzene rings is 1. The van der Waals surface area contributed by atoms with Gasteiger partial charge in [-0.15, -0.1) is 11.3 Å². The lowest BCUT2D eigenvalue weighted by Gasteiger charge is -2.16. The summed E-state index contributed by atoms with van der Waals surface area (Å²) in [6, 6.07) is 7.75. The molecule has 0 aliphatic heterocycles. The summed E-state index contributed by atoms with van der Waals surface area (Å²) in [7, 11) is 0. The number of fused-ring (bicyclic) bond motifs is 1. The van der Waals surface area contributed by atoms with E-state index in [0.717, 1.165) is 29.7 Å². The minimum Gasteiger partial charge on any atom is -0.451 e. The van der Waals surface area contributed by atoms with Crippen LogP contribution >= 0.6 is 11.3 Å². The first-order valence-electron chi connectivity index (χ1n) is 8.59. The molecule has 132 valence electrons. The third-order valence-electron chi connectivity index (χ3n) is 4.61. The van der Waals surface area contributed by atoms with Gasteiger partial charge in [-0.25, -0.2) is 4.79 Å². The molecule has 1 amide bonds. The molecule has 1 N–H and O–H groups in total. The van der Waals surface area contributed by atoms with E-state index in [9.17, 15) is 9.59 Å². The van der Waals surface area contributed by atoms with Gasteiger partial charge in [-0.3, -0.25) is 4.79 Å². The Bertz CT molecular complexity index is 789. The maximum atomic E-state index is 12.2. The van der Waals surface area contributed by atoms with Gasteiger partial charge in [0.25, 0.3) is 5.91 Å². The molecule has 0 radical (unpaired) electrons. The number of hydrogen-bond donors (Lipinski definition) is 1. The second kappa shape index (κ2) is 7.40. The highest BCUT2D eigenvalue weighted by atomic mass is 32.1. The van der Waals surface area contributed by atoms with Crippen LogP contribution in [-0.4, -0.2) is 18.5 Å². The van der Waals surface area contributed by atoms with Crippen molar-refractivity contribution >= 4 is 28.9 Å². The van der Waals surface area contributed by atoms with Crippen LogP contribution in [0.25, 0.3) is 0 Å². The van der Waals surface area contributed by atoms with Crippen molar-refractivity contribution in [2.75, 3.05) is 11.9 Å². The first-order chi connectivity index (χ1) is 11.9. The number of anilines is 1. The van der Waals surface area contributed by atoms with Gasteiger partial charge in [0.05, 0.1) is 0 Å². The molecule has 3 rings (SSSR count). The Morgan fingerprint density at radius 3 is 2.72 bits per heavy atom. The third kappa shape index (κ3) is 4.10. The average molecular weight is 357 g/mol. The molecule has 1 aliphatic rings. The summed E-state index contributed by atoms with van der Waals surface area (Å²) in [5, 5.41) is 2.83. The quantitative estimate of drug-likeness (QED) is 0.831. The molecule has 25 heavy (non-hydrogen) atoms. The van der Waals surface area contributed by atoms with Crippen molar-refractivity contribution in [3.63, 3.8) is 0 Å². The number of carbonyl (C=O) groups excluding carboxylic acids is 2. The van der Waals surface area contributed by atoms with Crippen molar-refractivity contribution < 1.29 is 14.3 Å². The van der Waals surface area contributed by atoms with Crippen molar-refractivity contribution in [1.29, 1.82) is 0 Å². The molecule has 0 saturated carbocycles. The Morgan fingerprint density at radius 2 is 2.00 bits per heavy atom. The molecule has 0 saturated heterocycles. The Hall–Kier alpha value is -2.14. The van der Waals surface area contributed by atoms with Crippen molar-refractivity contribution in [3.8, 4) is 0 Å². The molecular formula is C20H23NO3S. The smallest absolute Gasteiger partial charge is 0.348 e. The summed E-state index contributed by atoms with van der Waals surface area (Å²) < 4.78 is 5.21. The number of ether oxygens (including phenoxy) is 1. The van der Waals surface area contributed by atoms with Crippen LogP contribution in [0.15, 0.2) is 24.3 Å². The van der Waals surface area contributed by atoms with E-state index >= 15 is 0 Å². The molecule has 2 aromatic rings.